The van der Waals surface area contributed by atoms with Crippen molar-refractivity contribution in [2.45, 2.75) is 54.2 Å². The van der Waals surface area contributed by atoms with E-state index in [0.717, 1.165) is 4.90 Å². The van der Waals surface area contributed by atoms with Crippen LogP contribution in [-0.4, -0.2) is 74.2 Å². The molecule has 6 rings (SSSR count). The number of aliphatic hydroxyl groups is 1. The number of aliphatic hydroxyl groups excluding tert-OH is 1. The van der Waals surface area contributed by atoms with E-state index in [9.17, 15) is 37.1 Å². The fraction of sp³-hybridized carbons (Fsp3) is 0.441. The molecule has 1 saturated carbocycles. The number of carboxylic acids is 1. The van der Waals surface area contributed by atoms with Crippen molar-refractivity contribution in [1.29, 1.82) is 0 Å². The van der Waals surface area contributed by atoms with Gasteiger partial charge in [-0.05, 0) is 49.3 Å². The molecule has 2 aromatic rings. The lowest BCUT2D eigenvalue weighted by Gasteiger charge is -2.50. The molecule has 0 bridgehead atoms. The number of carboxylic acid groups (broad SMARTS) is 1. The minimum absolute atomic E-state index is 0.00344. The van der Waals surface area contributed by atoms with Gasteiger partial charge in [-0.25, -0.2) is 26.9 Å². The molecule has 2 aromatic carbocycles. The lowest BCUT2D eigenvalue weighted by atomic mass is 9.56. The van der Waals surface area contributed by atoms with E-state index in [-0.39, 0.29) is 48.8 Å². The highest BCUT2D eigenvalue weighted by molar-refractivity contribution is 6.58. The van der Waals surface area contributed by atoms with Crippen LogP contribution in [0.25, 0.3) is 0 Å². The zero-order chi connectivity index (χ0) is 37.2. The van der Waals surface area contributed by atoms with Gasteiger partial charge in [0.05, 0.1) is 18.4 Å². The Morgan fingerprint density at radius 2 is 1.49 bits per heavy atom. The Kier molecular flexibility index (Phi) is 9.70. The van der Waals surface area contributed by atoms with E-state index in [1.54, 1.807) is 6.08 Å². The third-order valence-electron chi connectivity index (χ3n) is 10.2. The van der Waals surface area contributed by atoms with Crippen molar-refractivity contribution in [2.24, 2.45) is 17.8 Å². The molecule has 10 nitrogen and oxygen atoms in total. The van der Waals surface area contributed by atoms with Crippen molar-refractivity contribution < 1.29 is 60.9 Å². The first kappa shape index (κ1) is 36.7. The van der Waals surface area contributed by atoms with Crippen LogP contribution in [0.1, 0.15) is 50.0 Å². The molecule has 0 spiro atoms. The van der Waals surface area contributed by atoms with Crippen LogP contribution >= 0.6 is 23.2 Å². The van der Waals surface area contributed by atoms with Crippen LogP contribution in [0.3, 0.4) is 0 Å². The molecule has 4 amide bonds. The molecule has 0 unspecified atom stereocenters. The Balaban J connectivity index is 1.45. The lowest BCUT2D eigenvalue weighted by Crippen LogP contribution is -2.60. The number of anilines is 1. The van der Waals surface area contributed by atoms with Crippen molar-refractivity contribution in [1.82, 2.24) is 4.90 Å². The quantitative estimate of drug-likeness (QED) is 0.0624. The van der Waals surface area contributed by atoms with Gasteiger partial charge in [-0.1, -0.05) is 30.2 Å². The number of carbonyl (C=O) groups is 5. The molecule has 272 valence electrons. The van der Waals surface area contributed by atoms with Gasteiger partial charge in [0.25, 0.3) is 11.8 Å². The summed E-state index contributed by atoms with van der Waals surface area (Å²) in [5.41, 5.74) is -1.36. The van der Waals surface area contributed by atoms with Crippen molar-refractivity contribution in [3.05, 3.63) is 70.6 Å². The van der Waals surface area contributed by atoms with Gasteiger partial charge in [0.15, 0.2) is 33.0 Å². The molecular weight excluding hydrogens is 730 g/mol. The number of likely N-dealkylation sites (tertiary alicyclic amines) is 1. The third kappa shape index (κ3) is 5.50. The minimum Gasteiger partial charge on any atom is -0.491 e. The summed E-state index contributed by atoms with van der Waals surface area (Å²) in [6.07, 6.45) is 1.92. The van der Waals surface area contributed by atoms with E-state index >= 15 is 8.78 Å². The second kappa shape index (κ2) is 13.5. The number of rotatable bonds is 11. The molecule has 6 atom stereocenters. The molecule has 2 aliphatic carbocycles. The van der Waals surface area contributed by atoms with Crippen molar-refractivity contribution in [2.75, 3.05) is 24.7 Å². The summed E-state index contributed by atoms with van der Waals surface area (Å²) < 4.78 is 78.6. The van der Waals surface area contributed by atoms with Crippen LogP contribution < -0.4 is 9.64 Å². The van der Waals surface area contributed by atoms with Gasteiger partial charge in [0, 0.05) is 18.9 Å². The van der Waals surface area contributed by atoms with Gasteiger partial charge >= 0.3 is 5.97 Å². The normalized spacial score (nSPS) is 28.5. The molecule has 2 heterocycles. The first-order valence-electron chi connectivity index (χ1n) is 16.0. The Morgan fingerprint density at radius 3 is 2.10 bits per heavy atom. The van der Waals surface area contributed by atoms with Crippen molar-refractivity contribution in [3.8, 4) is 5.75 Å². The molecule has 17 heteroatoms. The average molecular weight is 760 g/mol. The number of alkyl halides is 2. The zero-order valence-corrected chi connectivity index (χ0v) is 28.0. The van der Waals surface area contributed by atoms with E-state index < -0.39 is 104 Å². The molecular formula is C34H29Cl2F5N2O8. The number of benzene rings is 2. The van der Waals surface area contributed by atoms with Crippen molar-refractivity contribution >= 4 is 58.5 Å². The Bertz CT molecular complexity index is 1850. The number of fused-ring (bicyclic) bond motifs is 4. The number of amides is 4. The smallest absolute Gasteiger partial charge is 0.303 e. The predicted molar refractivity (Wildman–Crippen MR) is 168 cm³/mol. The molecule has 51 heavy (non-hydrogen) atoms. The van der Waals surface area contributed by atoms with Crippen LogP contribution in [0, 0.1) is 46.8 Å². The van der Waals surface area contributed by atoms with Crippen LogP contribution in [0.4, 0.5) is 27.6 Å². The van der Waals surface area contributed by atoms with E-state index in [0.29, 0.717) is 24.8 Å². The van der Waals surface area contributed by atoms with Crippen molar-refractivity contribution in [3.63, 3.8) is 0 Å². The largest absolute Gasteiger partial charge is 0.491 e. The van der Waals surface area contributed by atoms with Crippen LogP contribution in [-0.2, 0) is 24.0 Å². The molecule has 2 aliphatic heterocycles. The fourth-order valence-corrected chi connectivity index (χ4v) is 8.80. The standard InChI is InChI=1S/C34H29Cl2F5N2O8/c35-33-14-19-17(9-10-18-21(19)30(48)42(29(18)47)11-3-1-2-4-20(45)46)22(15-5-7-16(8-6-15)51-13-12-44)34(33,36)32(50)43(31(33)49)28-26(40)24(38)23(37)25(39)27(28)41/h5-9,18-19,21-22,44H,1-4,10-14H2,(H,45,46)/t18-,19+,21-,22-,33+,34-/m0/s1. The summed E-state index contributed by atoms with van der Waals surface area (Å²) >= 11 is 14.2. The summed E-state index contributed by atoms with van der Waals surface area (Å²) in [6.45, 7) is -0.390. The number of imide groups is 2. The second-order valence-electron chi connectivity index (χ2n) is 12.9. The highest BCUT2D eigenvalue weighted by atomic mass is 35.5. The van der Waals surface area contributed by atoms with Crippen LogP contribution in [0.5, 0.6) is 5.75 Å². The van der Waals surface area contributed by atoms with Gasteiger partial charge in [-0.2, -0.15) is 0 Å². The summed E-state index contributed by atoms with van der Waals surface area (Å²) in [7, 11) is 0. The number of carbonyl (C=O) groups excluding carboxylic acids is 4. The number of aliphatic carboxylic acids is 1. The maximum atomic E-state index is 15.2. The number of halogens is 7. The summed E-state index contributed by atoms with van der Waals surface area (Å²) in [5.74, 6) is -21.8. The minimum atomic E-state index is -2.65. The first-order valence-corrected chi connectivity index (χ1v) is 16.8. The number of allylic oxidation sites excluding steroid dienone is 2. The Labute approximate surface area is 296 Å². The molecule has 0 aromatic heterocycles. The molecule has 0 radical (unpaired) electrons. The monoisotopic (exact) mass is 758 g/mol. The summed E-state index contributed by atoms with van der Waals surface area (Å²) in [4.78, 5) is 62.5. The number of ether oxygens (including phenoxy) is 1. The first-order chi connectivity index (χ1) is 24.1. The van der Waals surface area contributed by atoms with Gasteiger partial charge in [0.2, 0.25) is 17.6 Å². The second-order valence-corrected chi connectivity index (χ2v) is 14.1. The van der Waals surface area contributed by atoms with E-state index in [1.807, 2.05) is 0 Å². The van der Waals surface area contributed by atoms with Crippen LogP contribution in [0.15, 0.2) is 35.9 Å². The highest BCUT2D eigenvalue weighted by Crippen LogP contribution is 2.66. The maximum absolute atomic E-state index is 15.2. The van der Waals surface area contributed by atoms with Gasteiger partial charge in [-0.3, -0.25) is 28.9 Å². The lowest BCUT2D eigenvalue weighted by molar-refractivity contribution is -0.141. The van der Waals surface area contributed by atoms with Gasteiger partial charge in [-0.15, -0.1) is 23.2 Å². The van der Waals surface area contributed by atoms with Gasteiger partial charge in [0.1, 0.15) is 18.0 Å². The Morgan fingerprint density at radius 1 is 0.863 bits per heavy atom. The number of hydrogen-bond acceptors (Lipinski definition) is 7. The summed E-state index contributed by atoms with van der Waals surface area (Å²) in [5, 5.41) is 18.0. The SMILES string of the molecule is O=C(O)CCCCCN1C(=O)[C@H]2[C@H](CC=C3[C@H]2C[C@@]2(Cl)C(=O)N(c4c(F)c(F)c(F)c(F)c4F)C(=O)[C@@]2(Cl)[C@H]3c2ccc(OCCO)cc2)C1=O. The molecule has 2 saturated heterocycles. The van der Waals surface area contributed by atoms with E-state index in [4.69, 9.17) is 38.2 Å². The zero-order valence-electron chi connectivity index (χ0n) is 26.4. The average Bonchev–Trinajstić information content (AvgIpc) is 3.43. The summed E-state index contributed by atoms with van der Waals surface area (Å²) in [6, 6.07) is 5.77. The molecule has 3 fully saturated rings. The molecule has 4 aliphatic rings. The number of nitrogens with zero attached hydrogens (tertiary/aromatic N) is 2. The van der Waals surface area contributed by atoms with Gasteiger partial charge < -0.3 is 14.9 Å². The highest BCUT2D eigenvalue weighted by Gasteiger charge is 2.77. The fourth-order valence-electron chi connectivity index (χ4n) is 7.87. The Hall–Kier alpha value is -4.08. The third-order valence-corrected chi connectivity index (χ3v) is 11.6. The predicted octanol–water partition coefficient (Wildman–Crippen LogP) is 4.96. The maximum Gasteiger partial charge on any atom is 0.303 e. The van der Waals surface area contributed by atoms with E-state index in [2.05, 4.69) is 0 Å². The topological polar surface area (TPSA) is 142 Å². The molecule has 2 N–H and O–H groups in total. The van der Waals surface area contributed by atoms with Crippen LogP contribution in [0.2, 0.25) is 0 Å². The number of unbranched alkanes of at least 4 members (excludes halogenated alkanes) is 2. The van der Waals surface area contributed by atoms with E-state index in [1.165, 1.54) is 24.3 Å². The number of hydrogen-bond donors (Lipinski definition) is 2.